The molecule has 2 aromatic rings. The van der Waals surface area contributed by atoms with E-state index in [9.17, 15) is 9.18 Å². The number of hydrogen-bond donors (Lipinski definition) is 0. The smallest absolute Gasteiger partial charge is 0.236 e. The molecule has 0 heterocycles. The number of para-hydroxylation sites is 1. The zero-order valence-corrected chi connectivity index (χ0v) is 14.3. The molecule has 128 valence electrons. The molecule has 0 N–H and O–H groups in total. The maximum atomic E-state index is 13.2. The Hall–Kier alpha value is -2.40. The lowest BCUT2D eigenvalue weighted by Crippen LogP contribution is -2.36. The highest BCUT2D eigenvalue weighted by Crippen LogP contribution is 2.18. The largest absolute Gasteiger partial charge is 0.496 e. The summed E-state index contributed by atoms with van der Waals surface area (Å²) in [5.41, 5.74) is 1.81. The molecule has 0 aromatic heterocycles. The molecular weight excluding hydrogens is 307 g/mol. The molecule has 2 rings (SSSR count). The third-order valence-corrected chi connectivity index (χ3v) is 3.77. The Morgan fingerprint density at radius 1 is 1.08 bits per heavy atom. The van der Waals surface area contributed by atoms with Gasteiger partial charge in [-0.05, 0) is 30.8 Å². The predicted octanol–water partition coefficient (Wildman–Crippen LogP) is 2.92. The first kappa shape index (κ1) is 17.9. The van der Waals surface area contributed by atoms with Gasteiger partial charge >= 0.3 is 0 Å². The summed E-state index contributed by atoms with van der Waals surface area (Å²) >= 11 is 0. The zero-order chi connectivity index (χ0) is 17.5. The van der Waals surface area contributed by atoms with Gasteiger partial charge in [0.1, 0.15) is 11.6 Å². The lowest BCUT2D eigenvalue weighted by atomic mass is 10.2. The average Bonchev–Trinajstić information content (AvgIpc) is 2.55. The van der Waals surface area contributed by atoms with Crippen molar-refractivity contribution < 1.29 is 13.9 Å². The second-order valence-corrected chi connectivity index (χ2v) is 5.86. The molecule has 0 saturated heterocycles. The van der Waals surface area contributed by atoms with Crippen LogP contribution in [0.4, 0.5) is 4.39 Å². The van der Waals surface area contributed by atoms with Crippen molar-refractivity contribution in [3.05, 3.63) is 65.5 Å². The standard InChI is InChI=1S/C19H23FN2O2/c1-21(12-15-7-6-9-17(20)11-15)14-19(23)22(2)13-16-8-4-5-10-18(16)24-3/h4-11H,12-14H2,1-3H3. The normalized spacial score (nSPS) is 10.7. The van der Waals surface area contributed by atoms with E-state index in [1.807, 2.05) is 42.3 Å². The number of benzene rings is 2. The number of rotatable bonds is 7. The number of nitrogens with zero attached hydrogens (tertiary/aromatic N) is 2. The minimum Gasteiger partial charge on any atom is -0.496 e. The van der Waals surface area contributed by atoms with E-state index in [1.165, 1.54) is 12.1 Å². The first-order valence-electron chi connectivity index (χ1n) is 7.78. The second-order valence-electron chi connectivity index (χ2n) is 5.86. The first-order chi connectivity index (χ1) is 11.5. The summed E-state index contributed by atoms with van der Waals surface area (Å²) in [7, 11) is 5.23. The Labute approximate surface area is 142 Å². The number of amides is 1. The van der Waals surface area contributed by atoms with Crippen molar-refractivity contribution in [3.8, 4) is 5.75 Å². The minimum atomic E-state index is -0.263. The van der Waals surface area contributed by atoms with Crippen LogP contribution < -0.4 is 4.74 Å². The number of carbonyl (C=O) groups is 1. The van der Waals surface area contributed by atoms with Gasteiger partial charge in [-0.25, -0.2) is 4.39 Å². The second kappa shape index (κ2) is 8.45. The van der Waals surface area contributed by atoms with Gasteiger partial charge in [-0.1, -0.05) is 30.3 Å². The van der Waals surface area contributed by atoms with Crippen LogP contribution in [0.1, 0.15) is 11.1 Å². The summed E-state index contributed by atoms with van der Waals surface area (Å²) < 4.78 is 18.5. The Kier molecular flexibility index (Phi) is 6.32. The van der Waals surface area contributed by atoms with Gasteiger partial charge in [0.2, 0.25) is 5.91 Å². The van der Waals surface area contributed by atoms with Crippen LogP contribution in [0.5, 0.6) is 5.75 Å². The van der Waals surface area contributed by atoms with Gasteiger partial charge in [-0.15, -0.1) is 0 Å². The molecule has 0 unspecified atom stereocenters. The Morgan fingerprint density at radius 2 is 1.83 bits per heavy atom. The van der Waals surface area contributed by atoms with Crippen molar-refractivity contribution in [2.75, 3.05) is 27.7 Å². The fourth-order valence-corrected chi connectivity index (χ4v) is 2.53. The van der Waals surface area contributed by atoms with Crippen molar-refractivity contribution in [2.24, 2.45) is 0 Å². The highest BCUT2D eigenvalue weighted by Gasteiger charge is 2.14. The molecule has 4 nitrogen and oxygen atoms in total. The monoisotopic (exact) mass is 330 g/mol. The number of likely N-dealkylation sites (N-methyl/N-ethyl adjacent to an activating group) is 2. The van der Waals surface area contributed by atoms with E-state index in [0.717, 1.165) is 16.9 Å². The molecule has 0 bridgehead atoms. The van der Waals surface area contributed by atoms with E-state index in [-0.39, 0.29) is 18.3 Å². The molecule has 5 heteroatoms. The molecule has 24 heavy (non-hydrogen) atoms. The van der Waals surface area contributed by atoms with Crippen LogP contribution in [0.25, 0.3) is 0 Å². The predicted molar refractivity (Wildman–Crippen MR) is 92.2 cm³/mol. The SMILES string of the molecule is COc1ccccc1CN(C)C(=O)CN(C)Cc1cccc(F)c1. The van der Waals surface area contributed by atoms with E-state index in [4.69, 9.17) is 4.74 Å². The van der Waals surface area contributed by atoms with E-state index in [1.54, 1.807) is 25.1 Å². The molecule has 0 aliphatic heterocycles. The van der Waals surface area contributed by atoms with Gasteiger partial charge in [0.15, 0.2) is 0 Å². The van der Waals surface area contributed by atoms with Gasteiger partial charge in [-0.2, -0.15) is 0 Å². The van der Waals surface area contributed by atoms with Crippen LogP contribution in [-0.2, 0) is 17.9 Å². The zero-order valence-electron chi connectivity index (χ0n) is 14.3. The Balaban J connectivity index is 1.91. The quantitative estimate of drug-likeness (QED) is 0.782. The van der Waals surface area contributed by atoms with Gasteiger partial charge in [0.05, 0.1) is 13.7 Å². The third-order valence-electron chi connectivity index (χ3n) is 3.77. The number of ether oxygens (including phenoxy) is 1. The number of halogens is 1. The molecule has 1 amide bonds. The van der Waals surface area contributed by atoms with E-state index >= 15 is 0 Å². The third kappa shape index (κ3) is 5.06. The maximum Gasteiger partial charge on any atom is 0.236 e. The molecule has 2 aromatic carbocycles. The van der Waals surface area contributed by atoms with Crippen molar-refractivity contribution in [3.63, 3.8) is 0 Å². The lowest BCUT2D eigenvalue weighted by molar-refractivity contribution is -0.131. The van der Waals surface area contributed by atoms with Crippen LogP contribution in [0, 0.1) is 5.82 Å². The van der Waals surface area contributed by atoms with Crippen molar-refractivity contribution in [1.82, 2.24) is 9.80 Å². The van der Waals surface area contributed by atoms with Crippen LogP contribution in [0.15, 0.2) is 48.5 Å². The lowest BCUT2D eigenvalue weighted by Gasteiger charge is -2.22. The topological polar surface area (TPSA) is 32.8 Å². The summed E-state index contributed by atoms with van der Waals surface area (Å²) in [6.45, 7) is 1.27. The van der Waals surface area contributed by atoms with Gasteiger partial charge in [0, 0.05) is 25.7 Å². The summed E-state index contributed by atoms with van der Waals surface area (Å²) in [6.07, 6.45) is 0. The molecule has 0 radical (unpaired) electrons. The Morgan fingerprint density at radius 3 is 2.54 bits per heavy atom. The highest BCUT2D eigenvalue weighted by atomic mass is 19.1. The molecule has 0 saturated carbocycles. The van der Waals surface area contributed by atoms with Gasteiger partial charge < -0.3 is 9.64 Å². The van der Waals surface area contributed by atoms with E-state index < -0.39 is 0 Å². The molecule has 0 aliphatic carbocycles. The molecule has 0 atom stereocenters. The molecule has 0 spiro atoms. The fraction of sp³-hybridized carbons (Fsp3) is 0.316. The van der Waals surface area contributed by atoms with Crippen LogP contribution in [-0.4, -0.2) is 43.5 Å². The number of hydrogen-bond acceptors (Lipinski definition) is 3. The summed E-state index contributed by atoms with van der Waals surface area (Å²) in [6, 6.07) is 14.1. The Bertz CT molecular complexity index is 691. The fourth-order valence-electron chi connectivity index (χ4n) is 2.53. The summed E-state index contributed by atoms with van der Waals surface area (Å²) in [5, 5.41) is 0. The van der Waals surface area contributed by atoms with Crippen molar-refractivity contribution >= 4 is 5.91 Å². The average molecular weight is 330 g/mol. The van der Waals surface area contributed by atoms with E-state index in [0.29, 0.717) is 13.1 Å². The van der Waals surface area contributed by atoms with Crippen LogP contribution >= 0.6 is 0 Å². The van der Waals surface area contributed by atoms with Crippen molar-refractivity contribution in [1.29, 1.82) is 0 Å². The van der Waals surface area contributed by atoms with Crippen LogP contribution in [0.3, 0.4) is 0 Å². The maximum absolute atomic E-state index is 13.2. The van der Waals surface area contributed by atoms with E-state index in [2.05, 4.69) is 0 Å². The minimum absolute atomic E-state index is 0.000177. The molecular formula is C19H23FN2O2. The van der Waals surface area contributed by atoms with Gasteiger partial charge in [-0.3, -0.25) is 9.69 Å². The van der Waals surface area contributed by atoms with Crippen LogP contribution in [0.2, 0.25) is 0 Å². The molecule has 0 fully saturated rings. The summed E-state index contributed by atoms with van der Waals surface area (Å²) in [5.74, 6) is 0.505. The van der Waals surface area contributed by atoms with Crippen molar-refractivity contribution in [2.45, 2.75) is 13.1 Å². The number of methoxy groups -OCH3 is 1. The van der Waals surface area contributed by atoms with Gasteiger partial charge in [0.25, 0.3) is 0 Å². The first-order valence-corrected chi connectivity index (χ1v) is 7.78. The molecule has 0 aliphatic rings. The number of carbonyl (C=O) groups excluding carboxylic acids is 1. The highest BCUT2D eigenvalue weighted by molar-refractivity contribution is 5.78. The summed E-state index contributed by atoms with van der Waals surface area (Å²) in [4.78, 5) is 15.9.